The van der Waals surface area contributed by atoms with E-state index in [1.807, 2.05) is 0 Å². The second-order valence-electron chi connectivity index (χ2n) is 17.6. The number of benzene rings is 11. The zero-order chi connectivity index (χ0) is 44.7. The fourth-order valence-electron chi connectivity index (χ4n) is 10.9. The molecule has 0 radical (unpaired) electrons. The van der Waals surface area contributed by atoms with Gasteiger partial charge < -0.3 is 4.90 Å². The molecule has 0 atom stereocenters. The van der Waals surface area contributed by atoms with Gasteiger partial charge in [-0.05, 0) is 121 Å². The summed E-state index contributed by atoms with van der Waals surface area (Å²) >= 11 is 0. The van der Waals surface area contributed by atoms with Gasteiger partial charge in [0.1, 0.15) is 0 Å². The Hall–Kier alpha value is -8.52. The lowest BCUT2D eigenvalue weighted by Crippen LogP contribution is -2.29. The number of hydrogen-bond acceptors (Lipinski definition) is 1. The quantitative estimate of drug-likeness (QED) is 0.140. The number of anilines is 3. The highest BCUT2D eigenvalue weighted by Crippen LogP contribution is 2.63. The Kier molecular flexibility index (Phi) is 10.0. The smallest absolute Gasteiger partial charge is 0.0719 e. The van der Waals surface area contributed by atoms with Crippen molar-refractivity contribution >= 4 is 27.8 Å². The molecule has 1 heteroatoms. The molecule has 0 spiro atoms. The van der Waals surface area contributed by atoms with Gasteiger partial charge >= 0.3 is 0 Å². The van der Waals surface area contributed by atoms with Gasteiger partial charge in [0.25, 0.3) is 0 Å². The van der Waals surface area contributed by atoms with Gasteiger partial charge in [0.2, 0.25) is 0 Å². The van der Waals surface area contributed by atoms with Gasteiger partial charge in [-0.2, -0.15) is 0 Å². The van der Waals surface area contributed by atoms with Gasteiger partial charge in [-0.1, -0.05) is 237 Å². The maximum atomic E-state index is 2.51. The second kappa shape index (κ2) is 16.8. The fourth-order valence-corrected chi connectivity index (χ4v) is 10.9. The maximum Gasteiger partial charge on any atom is 0.0719 e. The van der Waals surface area contributed by atoms with E-state index in [4.69, 9.17) is 0 Å². The Morgan fingerprint density at radius 1 is 0.313 bits per heavy atom. The lowest BCUT2D eigenvalue weighted by Gasteiger charge is -2.36. The normalized spacial score (nSPS) is 12.4. The highest BCUT2D eigenvalue weighted by molar-refractivity contribution is 6.16. The molecule has 12 rings (SSSR count). The van der Waals surface area contributed by atoms with Gasteiger partial charge in [0.05, 0.1) is 11.1 Å². The summed E-state index contributed by atoms with van der Waals surface area (Å²) < 4.78 is 0. The molecule has 0 heterocycles. The van der Waals surface area contributed by atoms with Crippen molar-refractivity contribution in [3.8, 4) is 55.6 Å². The van der Waals surface area contributed by atoms with Gasteiger partial charge in [-0.25, -0.2) is 0 Å². The molecule has 11 aromatic rings. The Labute approximate surface area is 393 Å². The summed E-state index contributed by atoms with van der Waals surface area (Å²) in [6, 6.07) is 98.3. The molecule has 0 unspecified atom stereocenters. The topological polar surface area (TPSA) is 3.24 Å². The molecule has 67 heavy (non-hydrogen) atoms. The van der Waals surface area contributed by atoms with Crippen LogP contribution in [0.4, 0.5) is 17.1 Å². The molecular weight excluding hydrogens is 807 g/mol. The van der Waals surface area contributed by atoms with E-state index in [-0.39, 0.29) is 0 Å². The first-order valence-electron chi connectivity index (χ1n) is 23.3. The second-order valence-corrected chi connectivity index (χ2v) is 17.6. The van der Waals surface area contributed by atoms with Crippen molar-refractivity contribution in [3.63, 3.8) is 0 Å². The summed E-state index contributed by atoms with van der Waals surface area (Å²) in [5.41, 5.74) is 21.2. The van der Waals surface area contributed by atoms with E-state index < -0.39 is 5.41 Å². The van der Waals surface area contributed by atoms with E-state index in [0.29, 0.717) is 0 Å². The van der Waals surface area contributed by atoms with Crippen molar-refractivity contribution in [3.05, 3.63) is 295 Å². The Morgan fingerprint density at radius 2 is 0.761 bits per heavy atom. The van der Waals surface area contributed by atoms with Crippen LogP contribution < -0.4 is 4.90 Å². The summed E-state index contributed by atoms with van der Waals surface area (Å²) in [5, 5.41) is 2.41. The molecule has 1 aliphatic carbocycles. The minimum atomic E-state index is -0.591. The first kappa shape index (κ1) is 40.0. The molecule has 0 fully saturated rings. The average molecular weight is 854 g/mol. The maximum absolute atomic E-state index is 2.51. The molecule has 0 aromatic heterocycles. The Balaban J connectivity index is 1.16. The van der Waals surface area contributed by atoms with Gasteiger partial charge in [-0.15, -0.1) is 0 Å². The summed E-state index contributed by atoms with van der Waals surface area (Å²) in [4.78, 5) is 2.51. The molecule has 1 aliphatic rings. The highest BCUT2D eigenvalue weighted by atomic mass is 15.1. The number of fused-ring (bicyclic) bond motifs is 5. The molecule has 11 aromatic carbocycles. The summed E-state index contributed by atoms with van der Waals surface area (Å²) in [7, 11) is 0. The van der Waals surface area contributed by atoms with Crippen LogP contribution in [0.5, 0.6) is 0 Å². The first-order chi connectivity index (χ1) is 33.2. The Morgan fingerprint density at radius 3 is 1.37 bits per heavy atom. The van der Waals surface area contributed by atoms with Crippen LogP contribution in [0.25, 0.3) is 66.4 Å². The van der Waals surface area contributed by atoms with E-state index in [0.717, 1.165) is 17.1 Å². The SMILES string of the molecule is Cc1ccccc1-c1cccc(-c2ccc(N(c3ccc(-c4ccccc4)cc3)c3c(-c4ccccc4)c4c(c5ccccc35)C(c3ccccc3)(c3ccccc3)c3ccccc3-4)cc2)c1. The van der Waals surface area contributed by atoms with Gasteiger partial charge in [0, 0.05) is 22.3 Å². The summed E-state index contributed by atoms with van der Waals surface area (Å²) in [5.74, 6) is 0. The van der Waals surface area contributed by atoms with Gasteiger partial charge in [0.15, 0.2) is 0 Å². The zero-order valence-corrected chi connectivity index (χ0v) is 37.4. The van der Waals surface area contributed by atoms with Crippen LogP contribution in [0.1, 0.15) is 27.8 Å². The van der Waals surface area contributed by atoms with E-state index >= 15 is 0 Å². The van der Waals surface area contributed by atoms with Crippen LogP contribution in [-0.2, 0) is 5.41 Å². The number of nitrogens with zero attached hydrogens (tertiary/aromatic N) is 1. The van der Waals surface area contributed by atoms with Crippen molar-refractivity contribution < 1.29 is 0 Å². The van der Waals surface area contributed by atoms with Crippen molar-refractivity contribution in [2.45, 2.75) is 12.3 Å². The number of hydrogen-bond donors (Lipinski definition) is 0. The minimum Gasteiger partial charge on any atom is -0.309 e. The molecule has 0 saturated carbocycles. The molecule has 0 saturated heterocycles. The summed E-state index contributed by atoms with van der Waals surface area (Å²) in [6.45, 7) is 2.19. The molecular formula is C66H47N. The minimum absolute atomic E-state index is 0.591. The van der Waals surface area contributed by atoms with Crippen LogP contribution in [0.2, 0.25) is 0 Å². The van der Waals surface area contributed by atoms with Crippen molar-refractivity contribution in [2.24, 2.45) is 0 Å². The molecule has 0 amide bonds. The van der Waals surface area contributed by atoms with Crippen LogP contribution in [0.3, 0.4) is 0 Å². The highest BCUT2D eigenvalue weighted by Gasteiger charge is 2.49. The Bertz CT molecular complexity index is 3500. The van der Waals surface area contributed by atoms with Crippen LogP contribution >= 0.6 is 0 Å². The number of aryl methyl sites for hydroxylation is 1. The van der Waals surface area contributed by atoms with E-state index in [1.165, 1.54) is 94.2 Å². The van der Waals surface area contributed by atoms with Crippen LogP contribution in [0, 0.1) is 6.92 Å². The number of rotatable bonds is 9. The predicted octanol–water partition coefficient (Wildman–Crippen LogP) is 17.6. The van der Waals surface area contributed by atoms with Crippen molar-refractivity contribution in [2.75, 3.05) is 4.90 Å². The molecule has 316 valence electrons. The molecule has 0 aliphatic heterocycles. The predicted molar refractivity (Wildman–Crippen MR) is 282 cm³/mol. The lowest BCUT2D eigenvalue weighted by molar-refractivity contribution is 0.775. The molecule has 0 bridgehead atoms. The molecule has 0 N–H and O–H groups in total. The van der Waals surface area contributed by atoms with E-state index in [9.17, 15) is 0 Å². The van der Waals surface area contributed by atoms with Crippen molar-refractivity contribution in [1.29, 1.82) is 0 Å². The average Bonchev–Trinajstić information content (AvgIpc) is 3.72. The molecule has 1 nitrogen and oxygen atoms in total. The third-order valence-electron chi connectivity index (χ3n) is 13.9. The van der Waals surface area contributed by atoms with Gasteiger partial charge in [-0.3, -0.25) is 0 Å². The zero-order valence-electron chi connectivity index (χ0n) is 37.4. The largest absolute Gasteiger partial charge is 0.309 e. The third kappa shape index (κ3) is 6.70. The van der Waals surface area contributed by atoms with Crippen LogP contribution in [-0.4, -0.2) is 0 Å². The van der Waals surface area contributed by atoms with E-state index in [2.05, 4.69) is 279 Å². The lowest BCUT2D eigenvalue weighted by atomic mass is 9.66. The van der Waals surface area contributed by atoms with Crippen LogP contribution in [0.15, 0.2) is 267 Å². The first-order valence-corrected chi connectivity index (χ1v) is 23.3. The third-order valence-corrected chi connectivity index (χ3v) is 13.9. The standard InChI is InChI=1S/C66H47N/c1-46-21-14-15-32-57(46)52-27-20-26-51(45-52)49-39-43-56(44-40-49)67(55-41-37-48(38-42-55)47-22-6-2-7-23-47)65-59-34-17-16-33-58(59)64-63(62(65)50-24-8-3-9-25-50)60-35-18-19-36-61(60)66(64,53-28-10-4-11-29-53)54-30-12-5-13-31-54/h2-45H,1H3. The fraction of sp³-hybridized carbons (Fsp3) is 0.0303. The van der Waals surface area contributed by atoms with Crippen molar-refractivity contribution in [1.82, 2.24) is 0 Å². The monoisotopic (exact) mass is 853 g/mol. The summed E-state index contributed by atoms with van der Waals surface area (Å²) in [6.07, 6.45) is 0. The van der Waals surface area contributed by atoms with E-state index in [1.54, 1.807) is 0 Å².